The van der Waals surface area contributed by atoms with Crippen LogP contribution in [-0.2, 0) is 14.4 Å². The van der Waals surface area contributed by atoms with Gasteiger partial charge in [-0.1, -0.05) is 0 Å². The Hall–Kier alpha value is -1.63. The van der Waals surface area contributed by atoms with Gasteiger partial charge >= 0.3 is 5.97 Å². The topological polar surface area (TPSA) is 71.4 Å². The van der Waals surface area contributed by atoms with Crippen LogP contribution >= 0.6 is 0 Å². The van der Waals surface area contributed by atoms with Gasteiger partial charge in [-0.25, -0.2) is 9.59 Å². The number of carbonyl (C=O) groups is 1. The second-order valence-corrected chi connectivity index (χ2v) is 3.03. The first-order valence-electron chi connectivity index (χ1n) is 3.86. The van der Waals surface area contributed by atoms with Gasteiger partial charge in [0.1, 0.15) is 11.9 Å². The van der Waals surface area contributed by atoms with Crippen LogP contribution < -0.4 is 0 Å². The van der Waals surface area contributed by atoms with E-state index in [-0.39, 0.29) is 19.3 Å². The molecular weight excluding hydrogens is 172 g/mol. The SMILES string of the molecule is O=C=C1CC(=C=O)CC(C(=O)O)C1. The summed E-state index contributed by atoms with van der Waals surface area (Å²) in [6.07, 6.45) is 0.630. The average Bonchev–Trinajstić information content (AvgIpc) is 2.16. The van der Waals surface area contributed by atoms with E-state index in [1.165, 1.54) is 0 Å². The van der Waals surface area contributed by atoms with E-state index in [1.807, 2.05) is 0 Å². The van der Waals surface area contributed by atoms with Crippen molar-refractivity contribution in [3.63, 3.8) is 0 Å². The summed E-state index contributed by atoms with van der Waals surface area (Å²) in [4.78, 5) is 31.2. The Balaban J connectivity index is 2.89. The van der Waals surface area contributed by atoms with Crippen LogP contribution in [0.25, 0.3) is 0 Å². The number of carboxylic acid groups (broad SMARTS) is 1. The molecule has 68 valence electrons. The lowest BCUT2D eigenvalue weighted by atomic mass is 9.83. The normalized spacial score (nSPS) is 22.0. The van der Waals surface area contributed by atoms with Gasteiger partial charge in [-0.3, -0.25) is 4.79 Å². The monoisotopic (exact) mass is 180 g/mol. The molecule has 0 aromatic carbocycles. The summed E-state index contributed by atoms with van der Waals surface area (Å²) >= 11 is 0. The molecule has 1 rings (SSSR count). The van der Waals surface area contributed by atoms with E-state index in [2.05, 4.69) is 0 Å². The van der Waals surface area contributed by atoms with E-state index in [4.69, 9.17) is 5.11 Å². The molecule has 0 aromatic rings. The molecule has 1 saturated carbocycles. The minimum atomic E-state index is -0.986. The number of rotatable bonds is 1. The molecule has 0 spiro atoms. The number of allylic oxidation sites excluding steroid dienone is 2. The van der Waals surface area contributed by atoms with E-state index in [1.54, 1.807) is 11.9 Å². The van der Waals surface area contributed by atoms with E-state index >= 15 is 0 Å². The highest BCUT2D eigenvalue weighted by atomic mass is 16.4. The Labute approximate surface area is 74.6 Å². The molecule has 0 aromatic heterocycles. The third-order valence-electron chi connectivity index (χ3n) is 2.05. The van der Waals surface area contributed by atoms with Crippen LogP contribution in [0.2, 0.25) is 0 Å². The predicted octanol–water partition coefficient (Wildman–Crippen LogP) is 0.387. The molecule has 1 aliphatic carbocycles. The lowest BCUT2D eigenvalue weighted by molar-refractivity contribution is -0.141. The Morgan fingerprint density at radius 1 is 1.23 bits per heavy atom. The summed E-state index contributed by atoms with van der Waals surface area (Å²) in [5.41, 5.74) is 0.689. The summed E-state index contributed by atoms with van der Waals surface area (Å²) in [7, 11) is 0. The molecule has 0 heterocycles. The molecular formula is C9H8O4. The maximum atomic E-state index is 10.6. The molecule has 1 N–H and O–H groups in total. The molecule has 1 fully saturated rings. The zero-order valence-corrected chi connectivity index (χ0v) is 6.87. The molecule has 0 unspecified atom stereocenters. The van der Waals surface area contributed by atoms with Gasteiger partial charge in [0.2, 0.25) is 0 Å². The van der Waals surface area contributed by atoms with Crippen LogP contribution in [0.4, 0.5) is 0 Å². The Morgan fingerprint density at radius 2 is 1.69 bits per heavy atom. The molecule has 0 saturated heterocycles. The molecule has 0 bridgehead atoms. The number of aliphatic carboxylic acids is 1. The van der Waals surface area contributed by atoms with E-state index in [9.17, 15) is 14.4 Å². The molecule has 1 aliphatic rings. The summed E-state index contributed by atoms with van der Waals surface area (Å²) in [6.45, 7) is 0. The minimum Gasteiger partial charge on any atom is -0.481 e. The van der Waals surface area contributed by atoms with Crippen LogP contribution in [0.1, 0.15) is 19.3 Å². The highest BCUT2D eigenvalue weighted by Crippen LogP contribution is 2.29. The molecule has 0 amide bonds. The van der Waals surface area contributed by atoms with Gasteiger partial charge in [-0.15, -0.1) is 0 Å². The average molecular weight is 180 g/mol. The van der Waals surface area contributed by atoms with Gasteiger partial charge in [0.05, 0.1) is 5.92 Å². The zero-order valence-electron chi connectivity index (χ0n) is 6.87. The van der Waals surface area contributed by atoms with E-state index in [0.717, 1.165) is 0 Å². The second kappa shape index (κ2) is 3.85. The minimum absolute atomic E-state index is 0.198. The number of hydrogen-bond acceptors (Lipinski definition) is 3. The fraction of sp³-hybridized carbons (Fsp3) is 0.444. The third-order valence-corrected chi connectivity index (χ3v) is 2.05. The van der Waals surface area contributed by atoms with Gasteiger partial charge < -0.3 is 5.11 Å². The Bertz CT molecular complexity index is 304. The smallest absolute Gasteiger partial charge is 0.307 e. The fourth-order valence-electron chi connectivity index (χ4n) is 1.40. The lowest BCUT2D eigenvalue weighted by Gasteiger charge is -2.18. The first-order chi connectivity index (χ1) is 6.17. The van der Waals surface area contributed by atoms with Crippen molar-refractivity contribution >= 4 is 17.9 Å². The molecule has 0 atom stereocenters. The van der Waals surface area contributed by atoms with Crippen molar-refractivity contribution in [1.29, 1.82) is 0 Å². The molecule has 4 heteroatoms. The Kier molecular flexibility index (Phi) is 2.80. The van der Waals surface area contributed by atoms with Crippen molar-refractivity contribution in [2.45, 2.75) is 19.3 Å². The molecule has 13 heavy (non-hydrogen) atoms. The first kappa shape index (κ1) is 9.46. The van der Waals surface area contributed by atoms with E-state index < -0.39 is 11.9 Å². The van der Waals surface area contributed by atoms with Gasteiger partial charge in [-0.05, 0) is 12.8 Å². The Morgan fingerprint density at radius 3 is 2.00 bits per heavy atom. The maximum absolute atomic E-state index is 10.6. The van der Waals surface area contributed by atoms with Crippen molar-refractivity contribution in [3.05, 3.63) is 11.1 Å². The standard InChI is InChI=1S/C9H8O4/c10-4-6-1-7(5-11)3-8(2-6)9(12)13/h8H,1-3H2,(H,12,13). The van der Waals surface area contributed by atoms with E-state index in [0.29, 0.717) is 11.1 Å². The molecule has 4 nitrogen and oxygen atoms in total. The summed E-state index contributed by atoms with van der Waals surface area (Å²) in [6, 6.07) is 0. The van der Waals surface area contributed by atoms with Gasteiger partial charge in [-0.2, -0.15) is 0 Å². The molecule has 0 radical (unpaired) electrons. The summed E-state index contributed by atoms with van der Waals surface area (Å²) in [5, 5.41) is 8.68. The van der Waals surface area contributed by atoms with Crippen LogP contribution in [0, 0.1) is 5.92 Å². The van der Waals surface area contributed by atoms with Crippen molar-refractivity contribution in [3.8, 4) is 0 Å². The first-order valence-corrected chi connectivity index (χ1v) is 3.86. The predicted molar refractivity (Wildman–Crippen MR) is 43.4 cm³/mol. The van der Waals surface area contributed by atoms with Crippen LogP contribution in [-0.4, -0.2) is 23.0 Å². The summed E-state index contributed by atoms with van der Waals surface area (Å²) < 4.78 is 0. The highest BCUT2D eigenvalue weighted by Gasteiger charge is 2.27. The van der Waals surface area contributed by atoms with Gasteiger partial charge in [0.15, 0.2) is 0 Å². The largest absolute Gasteiger partial charge is 0.481 e. The maximum Gasteiger partial charge on any atom is 0.307 e. The van der Waals surface area contributed by atoms with Crippen molar-refractivity contribution in [1.82, 2.24) is 0 Å². The fourth-order valence-corrected chi connectivity index (χ4v) is 1.40. The molecule has 0 aliphatic heterocycles. The van der Waals surface area contributed by atoms with Crippen molar-refractivity contribution in [2.24, 2.45) is 5.92 Å². The van der Waals surface area contributed by atoms with Crippen molar-refractivity contribution < 1.29 is 19.5 Å². The summed E-state index contributed by atoms with van der Waals surface area (Å²) in [5.74, 6) is 1.66. The number of hydrogen-bond donors (Lipinski definition) is 1. The van der Waals surface area contributed by atoms with Gasteiger partial charge in [0.25, 0.3) is 0 Å². The highest BCUT2D eigenvalue weighted by molar-refractivity contribution is 5.74. The second-order valence-electron chi connectivity index (χ2n) is 3.03. The quantitative estimate of drug-likeness (QED) is 0.592. The van der Waals surface area contributed by atoms with Crippen LogP contribution in [0.3, 0.4) is 0 Å². The lowest BCUT2D eigenvalue weighted by Crippen LogP contribution is -2.20. The van der Waals surface area contributed by atoms with Crippen molar-refractivity contribution in [2.75, 3.05) is 0 Å². The van der Waals surface area contributed by atoms with Gasteiger partial charge in [0, 0.05) is 17.6 Å². The third kappa shape index (κ3) is 2.15. The van der Waals surface area contributed by atoms with Crippen LogP contribution in [0.5, 0.6) is 0 Å². The number of carboxylic acids is 1. The zero-order chi connectivity index (χ0) is 9.84. The number of carbonyl (C=O) groups excluding carboxylic acids is 2. The van der Waals surface area contributed by atoms with Crippen LogP contribution in [0.15, 0.2) is 11.1 Å².